The molecule has 0 saturated carbocycles. The van der Waals surface area contributed by atoms with E-state index < -0.39 is 15.3 Å². The molecule has 1 heterocycles. The lowest BCUT2D eigenvalue weighted by molar-refractivity contribution is 0.0571. The van der Waals surface area contributed by atoms with Crippen molar-refractivity contribution < 1.29 is 13.2 Å². The number of nitrogens with one attached hydrogen (secondary N) is 1. The normalized spacial score (nSPS) is 23.8. The second-order valence-electron chi connectivity index (χ2n) is 4.82. The topological polar surface area (TPSA) is 55.4 Å². The Morgan fingerprint density at radius 3 is 2.60 bits per heavy atom. The van der Waals surface area contributed by atoms with Gasteiger partial charge in [-0.25, -0.2) is 13.1 Å². The summed E-state index contributed by atoms with van der Waals surface area (Å²) in [5.74, 6) is -0.154. The molecule has 1 aromatic rings. The highest BCUT2D eigenvalue weighted by Crippen LogP contribution is 2.31. The largest absolute Gasteiger partial charge is 0.381 e. The molecule has 1 saturated heterocycles. The molecular formula is C13H17Cl2NO3S. The number of rotatable bonds is 4. The number of sulfonamides is 1. The maximum Gasteiger partial charge on any atom is 0.214 e. The number of hydrogen-bond donors (Lipinski definition) is 1. The zero-order valence-electron chi connectivity index (χ0n) is 11.1. The molecule has 1 fully saturated rings. The fraction of sp³-hybridized carbons (Fsp3) is 0.538. The molecule has 112 valence electrons. The summed E-state index contributed by atoms with van der Waals surface area (Å²) in [5.41, 5.74) is 0.780. The number of ether oxygens (including phenoxy) is 1. The molecule has 2 atom stereocenters. The van der Waals surface area contributed by atoms with Crippen LogP contribution in [0.5, 0.6) is 0 Å². The van der Waals surface area contributed by atoms with Gasteiger partial charge in [0.2, 0.25) is 10.0 Å². The van der Waals surface area contributed by atoms with Gasteiger partial charge in [-0.2, -0.15) is 0 Å². The lowest BCUT2D eigenvalue weighted by Gasteiger charge is -2.31. The van der Waals surface area contributed by atoms with Crippen molar-refractivity contribution in [3.63, 3.8) is 0 Å². The van der Waals surface area contributed by atoms with Crippen molar-refractivity contribution in [2.45, 2.75) is 18.1 Å². The molecule has 1 aliphatic heterocycles. The van der Waals surface area contributed by atoms with Crippen molar-refractivity contribution in [3.8, 4) is 0 Å². The third kappa shape index (κ3) is 3.46. The minimum absolute atomic E-state index is 0.154. The van der Waals surface area contributed by atoms with Gasteiger partial charge in [-0.3, -0.25) is 0 Å². The number of benzene rings is 1. The molecule has 20 heavy (non-hydrogen) atoms. The highest BCUT2D eigenvalue weighted by atomic mass is 35.5. The summed E-state index contributed by atoms with van der Waals surface area (Å²) >= 11 is 12.3. The molecule has 0 aliphatic carbocycles. The van der Waals surface area contributed by atoms with Crippen molar-refractivity contribution in [1.29, 1.82) is 0 Å². The number of halogens is 2. The summed E-state index contributed by atoms with van der Waals surface area (Å²) in [5, 5.41) is 0.640. The molecule has 0 aromatic heterocycles. The molecule has 1 aliphatic rings. The second kappa shape index (κ2) is 6.62. The monoisotopic (exact) mass is 337 g/mol. The third-order valence-corrected chi connectivity index (χ3v) is 6.31. The summed E-state index contributed by atoms with van der Waals surface area (Å²) in [6.07, 6.45) is 0.972. The van der Waals surface area contributed by atoms with E-state index in [-0.39, 0.29) is 5.92 Å². The molecule has 7 heteroatoms. The van der Waals surface area contributed by atoms with Crippen molar-refractivity contribution in [2.75, 3.05) is 20.3 Å². The Hall–Kier alpha value is -0.330. The summed E-state index contributed by atoms with van der Waals surface area (Å²) in [6.45, 7) is 0.853. The van der Waals surface area contributed by atoms with E-state index in [1.54, 1.807) is 18.2 Å². The van der Waals surface area contributed by atoms with Crippen LogP contribution in [0.4, 0.5) is 0 Å². The smallest absolute Gasteiger partial charge is 0.214 e. The van der Waals surface area contributed by atoms with Crippen LogP contribution in [0.15, 0.2) is 18.2 Å². The van der Waals surface area contributed by atoms with Crippen LogP contribution in [0, 0.1) is 5.92 Å². The first kappa shape index (κ1) is 16.0. The standard InChI is InChI=1S/C13H17Cl2NO3S/c1-16-20(17,18)13-5-6-19-8-9(13)7-10-11(14)3-2-4-12(10)15/h2-4,9,13,16H,5-8H2,1H3/t9-,13+/m1/s1. The van der Waals surface area contributed by atoms with Gasteiger partial charge in [0.25, 0.3) is 0 Å². The van der Waals surface area contributed by atoms with Crippen molar-refractivity contribution in [2.24, 2.45) is 5.92 Å². The van der Waals surface area contributed by atoms with Crippen LogP contribution in [-0.4, -0.2) is 33.9 Å². The maximum atomic E-state index is 12.1. The van der Waals surface area contributed by atoms with Gasteiger partial charge in [-0.15, -0.1) is 0 Å². The minimum atomic E-state index is -3.33. The van der Waals surface area contributed by atoms with Crippen LogP contribution >= 0.6 is 23.2 Å². The molecule has 0 amide bonds. The summed E-state index contributed by atoms with van der Waals surface area (Å²) in [7, 11) is -1.90. The molecule has 0 spiro atoms. The van der Waals surface area contributed by atoms with Crippen LogP contribution in [0.25, 0.3) is 0 Å². The molecule has 2 rings (SSSR count). The van der Waals surface area contributed by atoms with E-state index >= 15 is 0 Å². The van der Waals surface area contributed by atoms with E-state index in [1.165, 1.54) is 7.05 Å². The van der Waals surface area contributed by atoms with Gasteiger partial charge in [-0.05, 0) is 37.6 Å². The van der Waals surface area contributed by atoms with E-state index in [0.717, 1.165) is 5.56 Å². The van der Waals surface area contributed by atoms with E-state index in [1.807, 2.05) is 0 Å². The van der Waals surface area contributed by atoms with Crippen LogP contribution in [-0.2, 0) is 21.2 Å². The predicted octanol–water partition coefficient (Wildman–Crippen LogP) is 2.49. The van der Waals surface area contributed by atoms with Crippen LogP contribution in [0.2, 0.25) is 10.0 Å². The van der Waals surface area contributed by atoms with Crippen molar-refractivity contribution in [1.82, 2.24) is 4.72 Å². The van der Waals surface area contributed by atoms with E-state index in [0.29, 0.717) is 36.1 Å². The molecular weight excluding hydrogens is 321 g/mol. The van der Waals surface area contributed by atoms with Crippen molar-refractivity contribution in [3.05, 3.63) is 33.8 Å². The van der Waals surface area contributed by atoms with E-state index in [9.17, 15) is 8.42 Å². The Bertz CT molecular complexity index is 557. The van der Waals surface area contributed by atoms with Gasteiger partial charge in [0.05, 0.1) is 11.9 Å². The Morgan fingerprint density at radius 2 is 2.00 bits per heavy atom. The first-order valence-electron chi connectivity index (χ1n) is 6.38. The Balaban J connectivity index is 2.26. The molecule has 0 unspecified atom stereocenters. The van der Waals surface area contributed by atoms with Gasteiger partial charge >= 0.3 is 0 Å². The van der Waals surface area contributed by atoms with Gasteiger partial charge in [0, 0.05) is 22.6 Å². The maximum absolute atomic E-state index is 12.1. The summed E-state index contributed by atoms with van der Waals surface area (Å²) in [4.78, 5) is 0. The summed E-state index contributed by atoms with van der Waals surface area (Å²) < 4.78 is 32.0. The zero-order chi connectivity index (χ0) is 14.8. The van der Waals surface area contributed by atoms with Gasteiger partial charge in [-0.1, -0.05) is 29.3 Å². The fourth-order valence-corrected chi connectivity index (χ4v) is 4.46. The fourth-order valence-electron chi connectivity index (χ4n) is 2.52. The van der Waals surface area contributed by atoms with Crippen molar-refractivity contribution >= 4 is 33.2 Å². The van der Waals surface area contributed by atoms with Gasteiger partial charge in [0.1, 0.15) is 0 Å². The first-order chi connectivity index (χ1) is 9.45. The average molecular weight is 338 g/mol. The van der Waals surface area contributed by atoms with Gasteiger partial charge in [0.15, 0.2) is 0 Å². The quantitative estimate of drug-likeness (QED) is 0.918. The highest BCUT2D eigenvalue weighted by molar-refractivity contribution is 7.90. The Morgan fingerprint density at radius 1 is 1.35 bits per heavy atom. The SMILES string of the molecule is CNS(=O)(=O)[C@H]1CCOC[C@H]1Cc1c(Cl)cccc1Cl. The lowest BCUT2D eigenvalue weighted by atomic mass is 9.93. The molecule has 4 nitrogen and oxygen atoms in total. The molecule has 0 bridgehead atoms. The molecule has 1 N–H and O–H groups in total. The Labute approximate surface area is 129 Å². The van der Waals surface area contributed by atoms with Crippen LogP contribution < -0.4 is 4.72 Å². The van der Waals surface area contributed by atoms with E-state index in [4.69, 9.17) is 27.9 Å². The minimum Gasteiger partial charge on any atom is -0.381 e. The lowest BCUT2D eigenvalue weighted by Crippen LogP contribution is -2.43. The third-order valence-electron chi connectivity index (χ3n) is 3.62. The molecule has 1 aromatic carbocycles. The molecule has 0 radical (unpaired) electrons. The first-order valence-corrected chi connectivity index (χ1v) is 8.69. The average Bonchev–Trinajstić information content (AvgIpc) is 2.43. The second-order valence-corrected chi connectivity index (χ2v) is 7.73. The zero-order valence-corrected chi connectivity index (χ0v) is 13.4. The van der Waals surface area contributed by atoms with Gasteiger partial charge < -0.3 is 4.74 Å². The highest BCUT2D eigenvalue weighted by Gasteiger charge is 2.35. The Kier molecular flexibility index (Phi) is 5.31. The van der Waals surface area contributed by atoms with Crippen LogP contribution in [0.3, 0.4) is 0 Å². The number of hydrogen-bond acceptors (Lipinski definition) is 3. The summed E-state index contributed by atoms with van der Waals surface area (Å²) in [6, 6.07) is 5.29. The van der Waals surface area contributed by atoms with E-state index in [2.05, 4.69) is 4.72 Å². The predicted molar refractivity (Wildman–Crippen MR) is 80.9 cm³/mol. The van der Waals surface area contributed by atoms with Crippen LogP contribution in [0.1, 0.15) is 12.0 Å².